The standard InChI is InChI=1S/C21H15ClF2N6O2/c22-13-7-11(1-2-12(13)9-25)18-19-16(20(26)31)17(10-3-4-14(23)15(24)8-10)28-30(19)6-5-29(18)21(27)32/h1-4,7-8,18H,5-6H2,(H2,26,31)(H2,27,32). The Labute approximate surface area is 185 Å². The van der Waals surface area contributed by atoms with Crippen LogP contribution in [0.25, 0.3) is 11.3 Å². The second-order valence-corrected chi connectivity index (χ2v) is 7.52. The molecule has 3 aromatic rings. The van der Waals surface area contributed by atoms with E-state index in [-0.39, 0.29) is 46.2 Å². The fourth-order valence-electron chi connectivity index (χ4n) is 3.86. The van der Waals surface area contributed by atoms with Crippen molar-refractivity contribution in [1.29, 1.82) is 5.26 Å². The Balaban J connectivity index is 1.98. The van der Waals surface area contributed by atoms with Crippen molar-refractivity contribution in [2.45, 2.75) is 12.6 Å². The molecule has 3 amide bonds. The molecule has 0 bridgehead atoms. The quantitative estimate of drug-likeness (QED) is 0.627. The third-order valence-electron chi connectivity index (χ3n) is 5.27. The third kappa shape index (κ3) is 3.42. The molecule has 1 unspecified atom stereocenters. The van der Waals surface area contributed by atoms with E-state index in [2.05, 4.69) is 5.10 Å². The number of halogens is 3. The van der Waals surface area contributed by atoms with Crippen LogP contribution in [0.1, 0.15) is 33.2 Å². The molecule has 1 aliphatic heterocycles. The highest BCUT2D eigenvalue weighted by Gasteiger charge is 2.38. The Morgan fingerprint density at radius 2 is 1.88 bits per heavy atom. The van der Waals surface area contributed by atoms with Crippen molar-refractivity contribution in [2.24, 2.45) is 11.5 Å². The molecule has 32 heavy (non-hydrogen) atoms. The van der Waals surface area contributed by atoms with Gasteiger partial charge in [-0.05, 0) is 35.9 Å². The van der Waals surface area contributed by atoms with Crippen molar-refractivity contribution in [3.8, 4) is 17.3 Å². The van der Waals surface area contributed by atoms with E-state index >= 15 is 0 Å². The van der Waals surface area contributed by atoms with Crippen LogP contribution >= 0.6 is 11.6 Å². The predicted octanol–water partition coefficient (Wildman–Crippen LogP) is 2.94. The number of nitrogens with two attached hydrogens (primary N) is 2. The first-order valence-corrected chi connectivity index (χ1v) is 9.72. The molecular weight excluding hydrogens is 442 g/mol. The SMILES string of the molecule is N#Cc1ccc(C2c3c(C(N)=O)c(-c4ccc(F)c(F)c4)nn3CCN2C(N)=O)cc1Cl. The molecule has 4 N–H and O–H groups in total. The zero-order valence-corrected chi connectivity index (χ0v) is 17.1. The average molecular weight is 457 g/mol. The molecule has 0 aliphatic carbocycles. The first kappa shape index (κ1) is 21.3. The van der Waals surface area contributed by atoms with Gasteiger partial charge in [0.1, 0.15) is 17.8 Å². The van der Waals surface area contributed by atoms with Crippen molar-refractivity contribution in [3.05, 3.63) is 75.4 Å². The van der Waals surface area contributed by atoms with Crippen LogP contribution in [-0.4, -0.2) is 33.2 Å². The number of hydrogen-bond acceptors (Lipinski definition) is 4. The number of carbonyl (C=O) groups is 2. The summed E-state index contributed by atoms with van der Waals surface area (Å²) in [6.07, 6.45) is 0. The molecule has 0 spiro atoms. The van der Waals surface area contributed by atoms with Gasteiger partial charge >= 0.3 is 6.03 Å². The van der Waals surface area contributed by atoms with Gasteiger partial charge in [0, 0.05) is 12.1 Å². The number of primary amides is 2. The fraction of sp³-hybridized carbons (Fsp3) is 0.143. The summed E-state index contributed by atoms with van der Waals surface area (Å²) in [7, 11) is 0. The highest BCUT2D eigenvalue weighted by molar-refractivity contribution is 6.31. The topological polar surface area (TPSA) is 131 Å². The van der Waals surface area contributed by atoms with Gasteiger partial charge in [0.25, 0.3) is 5.91 Å². The number of nitriles is 1. The van der Waals surface area contributed by atoms with Gasteiger partial charge in [-0.15, -0.1) is 0 Å². The summed E-state index contributed by atoms with van der Waals surface area (Å²) in [5.74, 6) is -3.04. The molecule has 0 saturated heterocycles. The van der Waals surface area contributed by atoms with Gasteiger partial charge < -0.3 is 16.4 Å². The molecule has 8 nitrogen and oxygen atoms in total. The Bertz CT molecular complexity index is 1320. The van der Waals surface area contributed by atoms with E-state index < -0.39 is 29.6 Å². The van der Waals surface area contributed by atoms with Gasteiger partial charge in [0.05, 0.1) is 28.4 Å². The number of urea groups is 1. The molecule has 4 rings (SSSR count). The zero-order valence-electron chi connectivity index (χ0n) is 16.3. The lowest BCUT2D eigenvalue weighted by Gasteiger charge is -2.35. The predicted molar refractivity (Wildman–Crippen MR) is 110 cm³/mol. The highest BCUT2D eigenvalue weighted by Crippen LogP contribution is 2.39. The second-order valence-electron chi connectivity index (χ2n) is 7.11. The number of benzene rings is 2. The number of aromatic nitrogens is 2. The van der Waals surface area contributed by atoms with E-state index in [4.69, 9.17) is 28.3 Å². The van der Waals surface area contributed by atoms with Gasteiger partial charge in [0.15, 0.2) is 11.6 Å². The number of fused-ring (bicyclic) bond motifs is 1. The first-order valence-electron chi connectivity index (χ1n) is 9.34. The van der Waals surface area contributed by atoms with Gasteiger partial charge in [-0.1, -0.05) is 17.7 Å². The van der Waals surface area contributed by atoms with Crippen molar-refractivity contribution < 1.29 is 18.4 Å². The van der Waals surface area contributed by atoms with Gasteiger partial charge in [0.2, 0.25) is 0 Å². The number of nitrogens with zero attached hydrogens (tertiary/aromatic N) is 4. The van der Waals surface area contributed by atoms with E-state index in [0.29, 0.717) is 5.56 Å². The van der Waals surface area contributed by atoms with Crippen molar-refractivity contribution in [3.63, 3.8) is 0 Å². The summed E-state index contributed by atoms with van der Waals surface area (Å²) < 4.78 is 28.8. The summed E-state index contributed by atoms with van der Waals surface area (Å²) in [5, 5.41) is 13.7. The largest absolute Gasteiger partial charge is 0.365 e. The van der Waals surface area contributed by atoms with Crippen molar-refractivity contribution in [2.75, 3.05) is 6.54 Å². The van der Waals surface area contributed by atoms with Crippen LogP contribution in [-0.2, 0) is 6.54 Å². The molecule has 1 aliphatic rings. The Morgan fingerprint density at radius 3 is 2.47 bits per heavy atom. The lowest BCUT2D eigenvalue weighted by atomic mass is 9.94. The molecule has 0 saturated carbocycles. The summed E-state index contributed by atoms with van der Waals surface area (Å²) in [6.45, 7) is 0.338. The number of amides is 3. The van der Waals surface area contributed by atoms with Crippen LogP contribution in [0.2, 0.25) is 5.02 Å². The molecule has 1 aromatic heterocycles. The molecule has 2 aromatic carbocycles. The molecule has 0 fully saturated rings. The lowest BCUT2D eigenvalue weighted by Crippen LogP contribution is -2.46. The highest BCUT2D eigenvalue weighted by atomic mass is 35.5. The van der Waals surface area contributed by atoms with E-state index in [1.807, 2.05) is 6.07 Å². The van der Waals surface area contributed by atoms with Crippen LogP contribution in [0.15, 0.2) is 36.4 Å². The Kier molecular flexibility index (Phi) is 5.28. The van der Waals surface area contributed by atoms with Crippen molar-refractivity contribution >= 4 is 23.5 Å². The minimum absolute atomic E-state index is 0.0439. The Hall–Kier alpha value is -3.97. The minimum atomic E-state index is -1.11. The van der Waals surface area contributed by atoms with E-state index in [1.54, 1.807) is 6.07 Å². The van der Waals surface area contributed by atoms with Crippen LogP contribution in [0.5, 0.6) is 0 Å². The van der Waals surface area contributed by atoms with Crippen LogP contribution in [0, 0.1) is 23.0 Å². The lowest BCUT2D eigenvalue weighted by molar-refractivity contribution is 0.0995. The second kappa shape index (κ2) is 7.94. The van der Waals surface area contributed by atoms with E-state index in [9.17, 15) is 18.4 Å². The number of rotatable bonds is 3. The molecular formula is C21H15ClF2N6O2. The zero-order chi connectivity index (χ0) is 23.2. The molecule has 0 radical (unpaired) electrons. The normalized spacial score (nSPS) is 15.2. The third-order valence-corrected chi connectivity index (χ3v) is 5.58. The number of carbonyl (C=O) groups excluding carboxylic acids is 2. The molecule has 2 heterocycles. The van der Waals surface area contributed by atoms with E-state index in [0.717, 1.165) is 12.1 Å². The van der Waals surface area contributed by atoms with Crippen molar-refractivity contribution in [1.82, 2.24) is 14.7 Å². The molecule has 1 atom stereocenters. The minimum Gasteiger partial charge on any atom is -0.365 e. The summed E-state index contributed by atoms with van der Waals surface area (Å²) in [4.78, 5) is 26.0. The van der Waals surface area contributed by atoms with Gasteiger partial charge in [-0.3, -0.25) is 9.48 Å². The van der Waals surface area contributed by atoms with Crippen LogP contribution in [0.4, 0.5) is 13.6 Å². The van der Waals surface area contributed by atoms with Crippen LogP contribution < -0.4 is 11.5 Å². The Morgan fingerprint density at radius 1 is 1.12 bits per heavy atom. The number of hydrogen-bond donors (Lipinski definition) is 2. The fourth-order valence-corrected chi connectivity index (χ4v) is 4.09. The molecule has 162 valence electrons. The monoisotopic (exact) mass is 456 g/mol. The average Bonchev–Trinajstić information content (AvgIpc) is 3.14. The summed E-state index contributed by atoms with van der Waals surface area (Å²) in [6, 6.07) is 7.95. The van der Waals surface area contributed by atoms with Crippen LogP contribution in [0.3, 0.4) is 0 Å². The van der Waals surface area contributed by atoms with Gasteiger partial charge in [-0.25, -0.2) is 13.6 Å². The maximum atomic E-state index is 13.9. The first-order chi connectivity index (χ1) is 15.2. The summed E-state index contributed by atoms with van der Waals surface area (Å²) in [5.41, 5.74) is 12.3. The van der Waals surface area contributed by atoms with Gasteiger partial charge in [-0.2, -0.15) is 10.4 Å². The maximum absolute atomic E-state index is 13.9. The maximum Gasteiger partial charge on any atom is 0.315 e. The van der Waals surface area contributed by atoms with E-state index in [1.165, 1.54) is 27.8 Å². The smallest absolute Gasteiger partial charge is 0.315 e. The molecule has 11 heteroatoms. The summed E-state index contributed by atoms with van der Waals surface area (Å²) >= 11 is 6.19.